The number of nitrogens with two attached hydrogens (primary N) is 1. The smallest absolute Gasteiger partial charge is 0.220 e. The zero-order valence-electron chi connectivity index (χ0n) is 10.2. The minimum absolute atomic E-state index is 0.0558. The van der Waals surface area contributed by atoms with Gasteiger partial charge in [-0.25, -0.2) is 4.39 Å². The molecule has 0 saturated heterocycles. The first-order valence-corrected chi connectivity index (χ1v) is 5.77. The lowest BCUT2D eigenvalue weighted by molar-refractivity contribution is -0.122. The van der Waals surface area contributed by atoms with E-state index in [9.17, 15) is 9.18 Å². The molecule has 2 atom stereocenters. The molecule has 1 rings (SSSR count). The van der Waals surface area contributed by atoms with E-state index in [1.54, 1.807) is 12.1 Å². The van der Waals surface area contributed by atoms with Crippen LogP contribution in [0.5, 0.6) is 0 Å². The minimum atomic E-state index is -0.293. The fourth-order valence-electron chi connectivity index (χ4n) is 1.56. The molecule has 1 aromatic carbocycles. The standard InChI is InChI=1S/C13H19FN2O/c1-9(8-15)6-13(17)16-10(2)11-4-3-5-12(14)7-11/h3-5,7,9-10H,6,8,15H2,1-2H3,(H,16,17)/t9?,10-/m1/s1. The third-order valence-corrected chi connectivity index (χ3v) is 2.66. The lowest BCUT2D eigenvalue weighted by atomic mass is 10.1. The zero-order valence-corrected chi connectivity index (χ0v) is 10.2. The number of halogens is 1. The summed E-state index contributed by atoms with van der Waals surface area (Å²) >= 11 is 0. The molecule has 17 heavy (non-hydrogen) atoms. The van der Waals surface area contributed by atoms with E-state index >= 15 is 0 Å². The summed E-state index contributed by atoms with van der Waals surface area (Å²) in [4.78, 5) is 11.6. The van der Waals surface area contributed by atoms with Crippen molar-refractivity contribution >= 4 is 5.91 Å². The molecular weight excluding hydrogens is 219 g/mol. The molecule has 0 fully saturated rings. The van der Waals surface area contributed by atoms with Gasteiger partial charge in [0.2, 0.25) is 5.91 Å². The van der Waals surface area contributed by atoms with Gasteiger partial charge in [0, 0.05) is 6.42 Å². The van der Waals surface area contributed by atoms with Gasteiger partial charge < -0.3 is 11.1 Å². The van der Waals surface area contributed by atoms with Crippen LogP contribution < -0.4 is 11.1 Å². The molecule has 1 unspecified atom stereocenters. The SMILES string of the molecule is CC(CN)CC(=O)N[C@H](C)c1cccc(F)c1. The van der Waals surface area contributed by atoms with Crippen LogP contribution in [0.1, 0.15) is 31.9 Å². The lowest BCUT2D eigenvalue weighted by Gasteiger charge is -2.16. The second-order valence-corrected chi connectivity index (χ2v) is 4.39. The van der Waals surface area contributed by atoms with Crippen LogP contribution in [0.2, 0.25) is 0 Å². The maximum absolute atomic E-state index is 13.0. The molecule has 0 aromatic heterocycles. The number of carbonyl (C=O) groups excluding carboxylic acids is 1. The van der Waals surface area contributed by atoms with Crippen molar-refractivity contribution in [2.24, 2.45) is 11.7 Å². The molecule has 0 saturated carbocycles. The lowest BCUT2D eigenvalue weighted by Crippen LogP contribution is -2.29. The van der Waals surface area contributed by atoms with Gasteiger partial charge >= 0.3 is 0 Å². The Morgan fingerprint density at radius 1 is 1.47 bits per heavy atom. The number of hydrogen-bond donors (Lipinski definition) is 2. The average Bonchev–Trinajstić information content (AvgIpc) is 2.28. The van der Waals surface area contributed by atoms with Crippen LogP contribution in [0, 0.1) is 11.7 Å². The van der Waals surface area contributed by atoms with Crippen molar-refractivity contribution in [1.82, 2.24) is 5.32 Å². The molecular formula is C13H19FN2O. The van der Waals surface area contributed by atoms with Crippen molar-refractivity contribution in [2.45, 2.75) is 26.3 Å². The number of carbonyl (C=O) groups is 1. The summed E-state index contributed by atoms with van der Waals surface area (Å²) in [5, 5.41) is 2.83. The molecule has 0 spiro atoms. The topological polar surface area (TPSA) is 55.1 Å². The summed E-state index contributed by atoms with van der Waals surface area (Å²) in [5.41, 5.74) is 6.22. The van der Waals surface area contributed by atoms with Crippen molar-refractivity contribution in [2.75, 3.05) is 6.54 Å². The minimum Gasteiger partial charge on any atom is -0.350 e. The van der Waals surface area contributed by atoms with E-state index in [-0.39, 0.29) is 23.7 Å². The highest BCUT2D eigenvalue weighted by Crippen LogP contribution is 2.14. The Hall–Kier alpha value is -1.42. The Balaban J connectivity index is 2.54. The summed E-state index contributed by atoms with van der Waals surface area (Å²) in [6.45, 7) is 4.24. The monoisotopic (exact) mass is 238 g/mol. The Morgan fingerprint density at radius 2 is 2.18 bits per heavy atom. The van der Waals surface area contributed by atoms with Crippen LogP contribution in [0.4, 0.5) is 4.39 Å². The average molecular weight is 238 g/mol. The number of amides is 1. The summed E-state index contributed by atoms with van der Waals surface area (Å²) in [5.74, 6) is -0.187. The fourth-order valence-corrected chi connectivity index (χ4v) is 1.56. The number of benzene rings is 1. The van der Waals surface area contributed by atoms with Crippen LogP contribution in [-0.4, -0.2) is 12.5 Å². The molecule has 94 valence electrons. The van der Waals surface area contributed by atoms with E-state index < -0.39 is 0 Å². The predicted molar refractivity (Wildman–Crippen MR) is 65.8 cm³/mol. The van der Waals surface area contributed by atoms with Crippen molar-refractivity contribution < 1.29 is 9.18 Å². The molecule has 0 aliphatic heterocycles. The molecule has 0 heterocycles. The zero-order chi connectivity index (χ0) is 12.8. The van der Waals surface area contributed by atoms with Gasteiger partial charge in [0.25, 0.3) is 0 Å². The fraction of sp³-hybridized carbons (Fsp3) is 0.462. The Morgan fingerprint density at radius 3 is 2.76 bits per heavy atom. The van der Waals surface area contributed by atoms with Crippen molar-refractivity contribution in [3.05, 3.63) is 35.6 Å². The maximum Gasteiger partial charge on any atom is 0.220 e. The van der Waals surface area contributed by atoms with Gasteiger partial charge in [-0.15, -0.1) is 0 Å². The summed E-state index contributed by atoms with van der Waals surface area (Å²) in [7, 11) is 0. The van der Waals surface area contributed by atoms with Crippen LogP contribution in [0.25, 0.3) is 0 Å². The Bertz CT molecular complexity index is 381. The van der Waals surface area contributed by atoms with Crippen LogP contribution in [-0.2, 0) is 4.79 Å². The molecule has 0 radical (unpaired) electrons. The molecule has 1 amide bonds. The van der Waals surface area contributed by atoms with Gasteiger partial charge in [0.1, 0.15) is 5.82 Å². The molecule has 3 N–H and O–H groups in total. The molecule has 0 bridgehead atoms. The first kappa shape index (κ1) is 13.6. The summed E-state index contributed by atoms with van der Waals surface area (Å²) in [6.07, 6.45) is 0.399. The highest BCUT2D eigenvalue weighted by Gasteiger charge is 2.12. The molecule has 1 aromatic rings. The van der Waals surface area contributed by atoms with E-state index in [0.29, 0.717) is 13.0 Å². The largest absolute Gasteiger partial charge is 0.350 e. The second kappa shape index (κ2) is 6.35. The molecule has 3 nitrogen and oxygen atoms in total. The molecule has 0 aliphatic rings. The summed E-state index contributed by atoms with van der Waals surface area (Å²) < 4.78 is 13.0. The third kappa shape index (κ3) is 4.53. The van der Waals surface area contributed by atoms with Crippen LogP contribution in [0.3, 0.4) is 0 Å². The summed E-state index contributed by atoms with van der Waals surface area (Å²) in [6, 6.07) is 6.05. The van der Waals surface area contributed by atoms with E-state index in [0.717, 1.165) is 5.56 Å². The highest BCUT2D eigenvalue weighted by atomic mass is 19.1. The number of hydrogen-bond acceptors (Lipinski definition) is 2. The van der Waals surface area contributed by atoms with Gasteiger partial charge in [0.15, 0.2) is 0 Å². The van der Waals surface area contributed by atoms with Crippen LogP contribution in [0.15, 0.2) is 24.3 Å². The van der Waals surface area contributed by atoms with E-state index in [1.165, 1.54) is 12.1 Å². The van der Waals surface area contributed by atoms with E-state index in [4.69, 9.17) is 5.73 Å². The van der Waals surface area contributed by atoms with Crippen molar-refractivity contribution in [3.8, 4) is 0 Å². The van der Waals surface area contributed by atoms with Crippen molar-refractivity contribution in [3.63, 3.8) is 0 Å². The third-order valence-electron chi connectivity index (χ3n) is 2.66. The van der Waals surface area contributed by atoms with E-state index in [1.807, 2.05) is 13.8 Å². The Labute approximate surface area is 101 Å². The van der Waals surface area contributed by atoms with E-state index in [2.05, 4.69) is 5.32 Å². The first-order valence-electron chi connectivity index (χ1n) is 5.77. The second-order valence-electron chi connectivity index (χ2n) is 4.39. The van der Waals surface area contributed by atoms with Gasteiger partial charge in [-0.05, 0) is 37.1 Å². The Kier molecular flexibility index (Phi) is 5.10. The van der Waals surface area contributed by atoms with Gasteiger partial charge in [-0.1, -0.05) is 19.1 Å². The number of nitrogens with one attached hydrogen (secondary N) is 1. The predicted octanol–water partition coefficient (Wildman–Crippen LogP) is 1.99. The first-order chi connectivity index (χ1) is 8.02. The molecule has 4 heteroatoms. The maximum atomic E-state index is 13.0. The van der Waals surface area contributed by atoms with Crippen LogP contribution >= 0.6 is 0 Å². The van der Waals surface area contributed by atoms with Crippen molar-refractivity contribution in [1.29, 1.82) is 0 Å². The quantitative estimate of drug-likeness (QED) is 0.824. The van der Waals surface area contributed by atoms with Gasteiger partial charge in [-0.2, -0.15) is 0 Å². The van der Waals surface area contributed by atoms with Gasteiger partial charge in [0.05, 0.1) is 6.04 Å². The number of rotatable bonds is 5. The van der Waals surface area contributed by atoms with Gasteiger partial charge in [-0.3, -0.25) is 4.79 Å². The normalized spacial score (nSPS) is 14.1. The highest BCUT2D eigenvalue weighted by molar-refractivity contribution is 5.76. The molecule has 0 aliphatic carbocycles.